The summed E-state index contributed by atoms with van der Waals surface area (Å²) in [4.78, 5) is 7.73. The molecular weight excluding hydrogens is 593 g/mol. The molecular formula is C43H28N2OS. The molecule has 4 heteroatoms. The van der Waals surface area contributed by atoms with Gasteiger partial charge in [0.1, 0.15) is 11.2 Å². The Balaban J connectivity index is 1.19. The Labute approximate surface area is 276 Å². The molecule has 8 aromatic rings. The van der Waals surface area contributed by atoms with Crippen molar-refractivity contribution in [3.8, 4) is 11.1 Å². The van der Waals surface area contributed by atoms with Gasteiger partial charge in [0.2, 0.25) is 0 Å². The zero-order chi connectivity index (χ0) is 30.9. The molecule has 3 nitrogen and oxygen atoms in total. The molecule has 2 unspecified atom stereocenters. The number of anilines is 3. The van der Waals surface area contributed by atoms with Crippen LogP contribution < -0.4 is 4.90 Å². The summed E-state index contributed by atoms with van der Waals surface area (Å²) in [5, 5.41) is 6.21. The third kappa shape index (κ3) is 4.11. The summed E-state index contributed by atoms with van der Waals surface area (Å²) in [7, 11) is 0. The number of hydrogen-bond donors (Lipinski definition) is 0. The van der Waals surface area contributed by atoms with Crippen molar-refractivity contribution in [2.75, 3.05) is 4.90 Å². The Morgan fingerprint density at radius 3 is 2.00 bits per heavy atom. The SMILES string of the molecule is c1ccc(C2=NC3c4cccc5c(N(c6ccc(-c7ccccc7)cc6)c6cccc7oc8ccccc8c67)ccc(c45)C3S2)cc1. The number of thioether (sulfide) groups is 1. The molecule has 2 atom stereocenters. The molecule has 1 aliphatic heterocycles. The van der Waals surface area contributed by atoms with Crippen molar-refractivity contribution in [1.29, 1.82) is 0 Å². The van der Waals surface area contributed by atoms with E-state index < -0.39 is 0 Å². The molecule has 0 spiro atoms. The zero-order valence-corrected chi connectivity index (χ0v) is 26.2. The van der Waals surface area contributed by atoms with Crippen molar-refractivity contribution in [2.24, 2.45) is 4.99 Å². The van der Waals surface area contributed by atoms with Crippen molar-refractivity contribution in [1.82, 2.24) is 0 Å². The molecule has 0 N–H and O–H groups in total. The summed E-state index contributed by atoms with van der Waals surface area (Å²) >= 11 is 1.90. The molecule has 1 aliphatic carbocycles. The van der Waals surface area contributed by atoms with E-state index in [0.717, 1.165) is 44.0 Å². The van der Waals surface area contributed by atoms with E-state index in [-0.39, 0.29) is 11.3 Å². The van der Waals surface area contributed by atoms with E-state index in [1.165, 1.54) is 38.6 Å². The average molecular weight is 621 g/mol. The number of furan rings is 1. The van der Waals surface area contributed by atoms with Gasteiger partial charge in [-0.2, -0.15) is 0 Å². The minimum atomic E-state index is 0.115. The summed E-state index contributed by atoms with van der Waals surface area (Å²) < 4.78 is 6.38. The second-order valence-corrected chi connectivity index (χ2v) is 13.4. The van der Waals surface area contributed by atoms with E-state index in [1.807, 2.05) is 17.8 Å². The van der Waals surface area contributed by atoms with Gasteiger partial charge in [-0.3, -0.25) is 4.99 Å². The highest BCUT2D eigenvalue weighted by Crippen LogP contribution is 2.59. The Bertz CT molecular complexity index is 2500. The lowest BCUT2D eigenvalue weighted by atomic mass is 10.00. The molecule has 10 rings (SSSR count). The van der Waals surface area contributed by atoms with Crippen LogP contribution in [0.2, 0.25) is 0 Å². The van der Waals surface area contributed by atoms with Crippen molar-refractivity contribution in [3.05, 3.63) is 174 Å². The fourth-order valence-corrected chi connectivity index (χ4v) is 8.86. The van der Waals surface area contributed by atoms with Crippen molar-refractivity contribution >= 4 is 66.6 Å². The van der Waals surface area contributed by atoms with Crippen LogP contribution >= 0.6 is 11.8 Å². The summed E-state index contributed by atoms with van der Waals surface area (Å²) in [6.45, 7) is 0. The van der Waals surface area contributed by atoms with Crippen molar-refractivity contribution < 1.29 is 4.42 Å². The van der Waals surface area contributed by atoms with Gasteiger partial charge in [0.15, 0.2) is 0 Å². The Kier molecular flexibility index (Phi) is 5.94. The number of para-hydroxylation sites is 1. The van der Waals surface area contributed by atoms with Crippen LogP contribution in [0.15, 0.2) is 167 Å². The first-order chi connectivity index (χ1) is 23.3. The first-order valence-corrected chi connectivity index (χ1v) is 16.9. The highest BCUT2D eigenvalue weighted by Gasteiger charge is 2.41. The summed E-state index contributed by atoms with van der Waals surface area (Å²) in [6.07, 6.45) is 0. The molecule has 0 saturated carbocycles. The third-order valence-corrected chi connectivity index (χ3v) is 10.9. The maximum atomic E-state index is 6.38. The van der Waals surface area contributed by atoms with E-state index in [1.54, 1.807) is 0 Å². The standard InChI is InChI=1S/C43H28N2OS/c1-3-11-27(12-4-1)28-21-23-30(24-22-28)45(36-18-10-20-38-40(36)32-15-7-8-19-37(32)46-38)35-26-25-34-39-31(35)16-9-17-33(39)41-42(34)47-43(44-41)29-13-5-2-6-14-29/h1-26,41-42H. The van der Waals surface area contributed by atoms with Crippen molar-refractivity contribution in [3.63, 3.8) is 0 Å². The molecule has 7 aromatic carbocycles. The van der Waals surface area contributed by atoms with E-state index in [9.17, 15) is 0 Å². The van der Waals surface area contributed by atoms with Crippen molar-refractivity contribution in [2.45, 2.75) is 11.3 Å². The largest absolute Gasteiger partial charge is 0.456 e. The molecule has 0 bridgehead atoms. The quantitative estimate of drug-likeness (QED) is 0.192. The number of hydrogen-bond acceptors (Lipinski definition) is 4. The van der Waals surface area contributed by atoms with Gasteiger partial charge in [0, 0.05) is 22.0 Å². The van der Waals surface area contributed by atoms with Crippen LogP contribution in [0.3, 0.4) is 0 Å². The van der Waals surface area contributed by atoms with Crippen LogP contribution in [0.25, 0.3) is 43.8 Å². The molecule has 222 valence electrons. The lowest BCUT2D eigenvalue weighted by molar-refractivity contribution is 0.669. The molecule has 2 heterocycles. The second kappa shape index (κ2) is 10.5. The van der Waals surface area contributed by atoms with Crippen LogP contribution in [0.1, 0.15) is 28.0 Å². The van der Waals surface area contributed by atoms with Crippen LogP contribution in [0, 0.1) is 0 Å². The lowest BCUT2D eigenvalue weighted by Gasteiger charge is -2.28. The topological polar surface area (TPSA) is 28.7 Å². The normalized spacial score (nSPS) is 16.6. The highest BCUT2D eigenvalue weighted by molar-refractivity contribution is 8.15. The molecule has 47 heavy (non-hydrogen) atoms. The fraction of sp³-hybridized carbons (Fsp3) is 0.0465. The number of rotatable bonds is 5. The summed E-state index contributed by atoms with van der Waals surface area (Å²) in [5.74, 6) is 0. The average Bonchev–Trinajstić information content (AvgIpc) is 3.83. The molecule has 1 aromatic heterocycles. The van der Waals surface area contributed by atoms with E-state index in [4.69, 9.17) is 9.41 Å². The minimum absolute atomic E-state index is 0.115. The smallest absolute Gasteiger partial charge is 0.137 e. The first-order valence-electron chi connectivity index (χ1n) is 16.0. The molecule has 0 amide bonds. The summed E-state index contributed by atoms with van der Waals surface area (Å²) in [5.41, 5.74) is 11.4. The number of aliphatic imine (C=N–C) groups is 1. The zero-order valence-electron chi connectivity index (χ0n) is 25.4. The Hall–Kier alpha value is -5.58. The predicted octanol–water partition coefficient (Wildman–Crippen LogP) is 12.2. The van der Waals surface area contributed by atoms with Crippen LogP contribution in [0.5, 0.6) is 0 Å². The molecule has 0 saturated heterocycles. The monoisotopic (exact) mass is 620 g/mol. The van der Waals surface area contributed by atoms with Crippen LogP contribution in [-0.4, -0.2) is 5.04 Å². The van der Waals surface area contributed by atoms with E-state index in [0.29, 0.717) is 0 Å². The number of fused-ring (bicyclic) bond motifs is 6. The van der Waals surface area contributed by atoms with Gasteiger partial charge in [-0.05, 0) is 64.0 Å². The predicted molar refractivity (Wildman–Crippen MR) is 197 cm³/mol. The van der Waals surface area contributed by atoms with Gasteiger partial charge in [0.05, 0.1) is 33.1 Å². The Morgan fingerprint density at radius 2 is 1.17 bits per heavy atom. The number of benzene rings is 7. The maximum Gasteiger partial charge on any atom is 0.137 e. The van der Waals surface area contributed by atoms with Gasteiger partial charge in [-0.25, -0.2) is 0 Å². The lowest BCUT2D eigenvalue weighted by Crippen LogP contribution is -2.11. The minimum Gasteiger partial charge on any atom is -0.456 e. The summed E-state index contributed by atoms with van der Waals surface area (Å²) in [6, 6.07) is 56.4. The van der Waals surface area contributed by atoms with Gasteiger partial charge in [0.25, 0.3) is 0 Å². The van der Waals surface area contributed by atoms with E-state index in [2.05, 4.69) is 157 Å². The molecule has 2 aliphatic rings. The number of nitrogens with zero attached hydrogens (tertiary/aromatic N) is 2. The van der Waals surface area contributed by atoms with Gasteiger partial charge in [-0.15, -0.1) is 0 Å². The first kappa shape index (κ1) is 26.6. The second-order valence-electron chi connectivity index (χ2n) is 12.2. The molecule has 0 fully saturated rings. The van der Waals surface area contributed by atoms with Gasteiger partial charge < -0.3 is 9.32 Å². The third-order valence-electron chi connectivity index (χ3n) is 9.60. The fourth-order valence-electron chi connectivity index (χ4n) is 7.51. The maximum absolute atomic E-state index is 6.38. The Morgan fingerprint density at radius 1 is 0.489 bits per heavy atom. The van der Waals surface area contributed by atoms with E-state index >= 15 is 0 Å². The van der Waals surface area contributed by atoms with Gasteiger partial charge in [-0.1, -0.05) is 133 Å². The van der Waals surface area contributed by atoms with Gasteiger partial charge >= 0.3 is 0 Å². The van der Waals surface area contributed by atoms with Crippen LogP contribution in [0.4, 0.5) is 17.1 Å². The van der Waals surface area contributed by atoms with Crippen LogP contribution in [-0.2, 0) is 0 Å². The highest BCUT2D eigenvalue weighted by atomic mass is 32.2. The molecule has 0 radical (unpaired) electrons.